The number of hydrogen-bond acceptors (Lipinski definition) is 4. The van der Waals surface area contributed by atoms with E-state index in [1.54, 1.807) is 0 Å². The molecule has 0 fully saturated rings. The van der Waals surface area contributed by atoms with E-state index in [0.717, 1.165) is 29.2 Å². The van der Waals surface area contributed by atoms with E-state index in [-0.39, 0.29) is 0 Å². The van der Waals surface area contributed by atoms with Gasteiger partial charge in [-0.1, -0.05) is 31.2 Å². The topological polar surface area (TPSA) is 66.0 Å². The third-order valence-corrected chi connectivity index (χ3v) is 3.57. The molecule has 1 aromatic carbocycles. The molecular weight excluding hydrogens is 264 g/mol. The second-order valence-corrected chi connectivity index (χ2v) is 5.75. The van der Waals surface area contributed by atoms with Crippen LogP contribution in [-0.4, -0.2) is 15.0 Å². The van der Waals surface area contributed by atoms with Crippen LogP contribution in [0.4, 0.5) is 0 Å². The third kappa shape index (κ3) is 3.61. The second kappa shape index (κ2) is 6.72. The number of ether oxygens (including phenoxy) is 1. The van der Waals surface area contributed by atoms with Gasteiger partial charge in [-0.25, -0.2) is 4.68 Å². The summed E-state index contributed by atoms with van der Waals surface area (Å²) in [7, 11) is 0. The van der Waals surface area contributed by atoms with Gasteiger partial charge in [0.05, 0.1) is 0 Å². The molecule has 5 heteroatoms. The van der Waals surface area contributed by atoms with Gasteiger partial charge >= 0.3 is 0 Å². The smallest absolute Gasteiger partial charge is 0.132 e. The molecule has 0 bridgehead atoms. The molecule has 5 nitrogen and oxygen atoms in total. The highest BCUT2D eigenvalue weighted by atomic mass is 16.5. The van der Waals surface area contributed by atoms with Crippen LogP contribution in [0.1, 0.15) is 36.4 Å². The second-order valence-electron chi connectivity index (χ2n) is 5.75. The van der Waals surface area contributed by atoms with Gasteiger partial charge in [0.2, 0.25) is 0 Å². The molecule has 21 heavy (non-hydrogen) atoms. The maximum Gasteiger partial charge on any atom is 0.132 e. The van der Waals surface area contributed by atoms with Crippen molar-refractivity contribution in [2.75, 3.05) is 0 Å². The lowest BCUT2D eigenvalue weighted by Crippen LogP contribution is -2.14. The standard InChI is InChI=1S/C16H24N4O/c1-11(2)9-20-15(14(8-17)18-19-20)10-21-16-7-5-6-12(3)13(16)4/h5-7,11H,8-10,17H2,1-4H3. The third-order valence-electron chi connectivity index (χ3n) is 3.57. The Labute approximate surface area is 126 Å². The Kier molecular flexibility index (Phi) is 4.96. The molecule has 0 amide bonds. The summed E-state index contributed by atoms with van der Waals surface area (Å²) in [6, 6.07) is 6.07. The lowest BCUT2D eigenvalue weighted by Gasteiger charge is -2.13. The minimum absolute atomic E-state index is 0.379. The fourth-order valence-corrected chi connectivity index (χ4v) is 2.20. The highest BCUT2D eigenvalue weighted by Crippen LogP contribution is 2.22. The summed E-state index contributed by atoms with van der Waals surface area (Å²) in [5.74, 6) is 1.40. The van der Waals surface area contributed by atoms with E-state index in [1.807, 2.05) is 16.8 Å². The maximum atomic E-state index is 5.97. The molecule has 0 unspecified atom stereocenters. The van der Waals surface area contributed by atoms with Gasteiger partial charge in [0.15, 0.2) is 0 Å². The zero-order chi connectivity index (χ0) is 15.4. The van der Waals surface area contributed by atoms with Crippen molar-refractivity contribution < 1.29 is 4.74 Å². The highest BCUT2D eigenvalue weighted by molar-refractivity contribution is 5.38. The number of aromatic nitrogens is 3. The quantitative estimate of drug-likeness (QED) is 0.887. The Morgan fingerprint density at radius 3 is 2.71 bits per heavy atom. The molecule has 2 rings (SSSR count). The number of aryl methyl sites for hydroxylation is 1. The summed E-state index contributed by atoms with van der Waals surface area (Å²) in [6.45, 7) is 10.1. The number of hydrogen-bond donors (Lipinski definition) is 1. The van der Waals surface area contributed by atoms with Crippen LogP contribution >= 0.6 is 0 Å². The largest absolute Gasteiger partial charge is 0.487 e. The van der Waals surface area contributed by atoms with Crippen molar-refractivity contribution in [3.05, 3.63) is 40.7 Å². The van der Waals surface area contributed by atoms with Crippen LogP contribution in [0.3, 0.4) is 0 Å². The van der Waals surface area contributed by atoms with Crippen molar-refractivity contribution in [1.82, 2.24) is 15.0 Å². The molecule has 0 aliphatic rings. The first-order valence-electron chi connectivity index (χ1n) is 7.33. The summed E-state index contributed by atoms with van der Waals surface area (Å²) >= 11 is 0. The van der Waals surface area contributed by atoms with Gasteiger partial charge in [-0.15, -0.1) is 5.10 Å². The van der Waals surface area contributed by atoms with Crippen molar-refractivity contribution in [3.8, 4) is 5.75 Å². The number of benzene rings is 1. The summed E-state index contributed by atoms with van der Waals surface area (Å²) in [5.41, 5.74) is 9.90. The first-order chi connectivity index (χ1) is 10.0. The molecule has 1 aromatic heterocycles. The van der Waals surface area contributed by atoms with Crippen molar-refractivity contribution in [2.24, 2.45) is 11.7 Å². The minimum Gasteiger partial charge on any atom is -0.487 e. The van der Waals surface area contributed by atoms with Crippen molar-refractivity contribution in [3.63, 3.8) is 0 Å². The Bertz CT molecular complexity index is 604. The van der Waals surface area contributed by atoms with Crippen LogP contribution in [0.25, 0.3) is 0 Å². The monoisotopic (exact) mass is 288 g/mol. The van der Waals surface area contributed by atoms with Crippen molar-refractivity contribution >= 4 is 0 Å². The predicted octanol–water partition coefficient (Wildman–Crippen LogP) is 2.59. The van der Waals surface area contributed by atoms with E-state index in [0.29, 0.717) is 19.1 Å². The van der Waals surface area contributed by atoms with Crippen LogP contribution in [0.15, 0.2) is 18.2 Å². The van der Waals surface area contributed by atoms with E-state index in [2.05, 4.69) is 44.1 Å². The first kappa shape index (κ1) is 15.5. The molecule has 0 saturated heterocycles. The van der Waals surface area contributed by atoms with Crippen LogP contribution < -0.4 is 10.5 Å². The van der Waals surface area contributed by atoms with Crippen LogP contribution in [0.5, 0.6) is 5.75 Å². The fourth-order valence-electron chi connectivity index (χ4n) is 2.20. The Balaban J connectivity index is 2.18. The van der Waals surface area contributed by atoms with Gasteiger partial charge in [-0.3, -0.25) is 0 Å². The van der Waals surface area contributed by atoms with Crippen molar-refractivity contribution in [2.45, 2.75) is 47.4 Å². The van der Waals surface area contributed by atoms with E-state index >= 15 is 0 Å². The van der Waals surface area contributed by atoms with Gasteiger partial charge < -0.3 is 10.5 Å². The molecule has 0 atom stereocenters. The molecule has 0 aliphatic carbocycles. The number of nitrogens with two attached hydrogens (primary N) is 1. The molecule has 2 N–H and O–H groups in total. The Morgan fingerprint density at radius 2 is 2.05 bits per heavy atom. The molecule has 0 aliphatic heterocycles. The Morgan fingerprint density at radius 1 is 1.29 bits per heavy atom. The zero-order valence-electron chi connectivity index (χ0n) is 13.3. The molecule has 114 valence electrons. The molecule has 0 saturated carbocycles. The van der Waals surface area contributed by atoms with Gasteiger partial charge in [-0.2, -0.15) is 0 Å². The van der Waals surface area contributed by atoms with E-state index in [9.17, 15) is 0 Å². The predicted molar refractivity (Wildman–Crippen MR) is 83.0 cm³/mol. The van der Waals surface area contributed by atoms with Crippen LogP contribution in [0, 0.1) is 19.8 Å². The lowest BCUT2D eigenvalue weighted by atomic mass is 10.1. The minimum atomic E-state index is 0.379. The summed E-state index contributed by atoms with van der Waals surface area (Å²) in [6.07, 6.45) is 0. The maximum absolute atomic E-state index is 5.97. The van der Waals surface area contributed by atoms with Crippen molar-refractivity contribution in [1.29, 1.82) is 0 Å². The van der Waals surface area contributed by atoms with Gasteiger partial charge in [0.1, 0.15) is 23.7 Å². The van der Waals surface area contributed by atoms with E-state index in [4.69, 9.17) is 10.5 Å². The Hall–Kier alpha value is -1.88. The lowest BCUT2D eigenvalue weighted by molar-refractivity contribution is 0.284. The molecule has 0 radical (unpaired) electrons. The molecule has 1 heterocycles. The molecule has 0 spiro atoms. The average molecular weight is 288 g/mol. The summed E-state index contributed by atoms with van der Waals surface area (Å²) in [4.78, 5) is 0. The fraction of sp³-hybridized carbons (Fsp3) is 0.500. The number of rotatable bonds is 6. The average Bonchev–Trinajstić information content (AvgIpc) is 2.82. The highest BCUT2D eigenvalue weighted by Gasteiger charge is 2.14. The normalized spacial score (nSPS) is 11.1. The number of nitrogens with zero attached hydrogens (tertiary/aromatic N) is 3. The molecule has 2 aromatic rings. The molecular formula is C16H24N4O. The van der Waals surface area contributed by atoms with Crippen LogP contribution in [0.2, 0.25) is 0 Å². The van der Waals surface area contributed by atoms with Gasteiger partial charge in [-0.05, 0) is 37.0 Å². The SMILES string of the molecule is Cc1cccc(OCc2c(CN)nnn2CC(C)C)c1C. The van der Waals surface area contributed by atoms with Gasteiger partial charge in [0, 0.05) is 13.1 Å². The van der Waals surface area contributed by atoms with Crippen LogP contribution in [-0.2, 0) is 19.7 Å². The first-order valence-corrected chi connectivity index (χ1v) is 7.33. The summed E-state index contributed by atoms with van der Waals surface area (Å²) < 4.78 is 7.87. The van der Waals surface area contributed by atoms with Gasteiger partial charge in [0.25, 0.3) is 0 Å². The van der Waals surface area contributed by atoms with E-state index in [1.165, 1.54) is 5.56 Å². The van der Waals surface area contributed by atoms with E-state index < -0.39 is 0 Å². The zero-order valence-corrected chi connectivity index (χ0v) is 13.3. The summed E-state index contributed by atoms with van der Waals surface area (Å²) in [5, 5.41) is 8.33.